The number of alkyl halides is 1. The Morgan fingerprint density at radius 3 is 2.74 bits per heavy atom. The number of aryl methyl sites for hydroxylation is 2. The highest BCUT2D eigenvalue weighted by molar-refractivity contribution is 6.00. The number of nitrogens with zero attached hydrogens (tertiary/aromatic N) is 7. The number of halogens is 1. The van der Waals surface area contributed by atoms with Gasteiger partial charge in [-0.15, -0.1) is 0 Å². The number of piperazine rings is 1. The number of rotatable bonds is 5. The Labute approximate surface area is 181 Å². The summed E-state index contributed by atoms with van der Waals surface area (Å²) in [5, 5.41) is 4.76. The smallest absolute Gasteiger partial charge is 0.133 e. The van der Waals surface area contributed by atoms with Crippen molar-refractivity contribution < 1.29 is 4.39 Å². The normalized spacial score (nSPS) is 19.4. The van der Waals surface area contributed by atoms with Gasteiger partial charge in [-0.05, 0) is 37.6 Å². The van der Waals surface area contributed by atoms with Gasteiger partial charge in [-0.1, -0.05) is 6.92 Å². The van der Waals surface area contributed by atoms with Crippen molar-refractivity contribution >= 4 is 17.0 Å². The minimum atomic E-state index is -0.271. The number of allylic oxidation sites excluding steroid dienone is 1. The molecule has 5 heterocycles. The highest BCUT2D eigenvalue weighted by Gasteiger charge is 2.23. The predicted octanol–water partition coefficient (Wildman–Crippen LogP) is 2.65. The van der Waals surface area contributed by atoms with Gasteiger partial charge in [0.15, 0.2) is 0 Å². The molecule has 0 radical (unpaired) electrons. The van der Waals surface area contributed by atoms with Crippen LogP contribution in [0.2, 0.25) is 0 Å². The second-order valence-electron chi connectivity index (χ2n) is 8.16. The molecular formula is C23H28FN7. The van der Waals surface area contributed by atoms with E-state index in [0.717, 1.165) is 73.3 Å². The summed E-state index contributed by atoms with van der Waals surface area (Å²) in [6, 6.07) is 2.08. The molecule has 0 aliphatic carbocycles. The minimum Gasteiger partial charge on any atom is -0.368 e. The van der Waals surface area contributed by atoms with Crippen LogP contribution in [0.15, 0.2) is 47.4 Å². The molecular weight excluding hydrogens is 393 g/mol. The van der Waals surface area contributed by atoms with E-state index in [9.17, 15) is 4.39 Å². The van der Waals surface area contributed by atoms with E-state index < -0.39 is 0 Å². The maximum atomic E-state index is 12.6. The molecule has 0 bridgehead atoms. The molecule has 3 aliphatic rings. The van der Waals surface area contributed by atoms with Gasteiger partial charge in [-0.3, -0.25) is 9.88 Å². The zero-order chi connectivity index (χ0) is 21.4. The Bertz CT molecular complexity index is 1100. The van der Waals surface area contributed by atoms with Crippen LogP contribution in [0.4, 0.5) is 4.39 Å². The van der Waals surface area contributed by atoms with Gasteiger partial charge < -0.3 is 9.80 Å². The lowest BCUT2D eigenvalue weighted by Crippen LogP contribution is -2.47. The lowest BCUT2D eigenvalue weighted by molar-refractivity contribution is 0.152. The fourth-order valence-electron chi connectivity index (χ4n) is 4.39. The topological polar surface area (TPSA) is 52.3 Å². The van der Waals surface area contributed by atoms with Gasteiger partial charge in [0.05, 0.1) is 34.5 Å². The van der Waals surface area contributed by atoms with Crippen molar-refractivity contribution in [1.82, 2.24) is 29.3 Å². The van der Waals surface area contributed by atoms with Gasteiger partial charge in [0, 0.05) is 45.5 Å². The summed E-state index contributed by atoms with van der Waals surface area (Å²) in [5.74, 6) is 0.930. The Balaban J connectivity index is 1.33. The summed E-state index contributed by atoms with van der Waals surface area (Å²) in [6.45, 7) is 8.79. The SMILES string of the molecule is CCc1nc(C)cn2nc(C3=CCN4C=C(N5CCN(CCF)CC5)C=CC4=N3)cc12. The number of amidine groups is 1. The van der Waals surface area contributed by atoms with Crippen molar-refractivity contribution in [3.8, 4) is 0 Å². The lowest BCUT2D eigenvalue weighted by atomic mass is 10.1. The average molecular weight is 422 g/mol. The summed E-state index contributed by atoms with van der Waals surface area (Å²) in [4.78, 5) is 16.2. The zero-order valence-electron chi connectivity index (χ0n) is 18.1. The maximum Gasteiger partial charge on any atom is 0.133 e. The molecule has 0 N–H and O–H groups in total. The second-order valence-corrected chi connectivity index (χ2v) is 8.16. The maximum absolute atomic E-state index is 12.6. The highest BCUT2D eigenvalue weighted by atomic mass is 19.1. The molecule has 0 aromatic carbocycles. The van der Waals surface area contributed by atoms with E-state index in [1.165, 1.54) is 5.70 Å². The van der Waals surface area contributed by atoms with E-state index in [2.05, 4.69) is 57.1 Å². The standard InChI is InChI=1S/C23H28FN7/c1-3-19-22-14-21(27-31(22)15-17(2)25-19)20-6-8-30-16-18(4-5-23(30)26-20)29-12-10-28(9-7-24)11-13-29/h4-6,14-16H,3,7-13H2,1-2H3. The minimum absolute atomic E-state index is 0.271. The van der Waals surface area contributed by atoms with Crippen LogP contribution in [0, 0.1) is 6.92 Å². The molecule has 2 aromatic rings. The first-order chi connectivity index (χ1) is 15.1. The van der Waals surface area contributed by atoms with Crippen molar-refractivity contribution in [3.63, 3.8) is 0 Å². The summed E-state index contributed by atoms with van der Waals surface area (Å²) in [5.41, 5.74) is 6.03. The van der Waals surface area contributed by atoms with Gasteiger partial charge in [0.2, 0.25) is 0 Å². The lowest BCUT2D eigenvalue weighted by Gasteiger charge is -2.38. The van der Waals surface area contributed by atoms with E-state index in [-0.39, 0.29) is 6.67 Å². The number of hydrogen-bond donors (Lipinski definition) is 0. The Morgan fingerprint density at radius 2 is 1.97 bits per heavy atom. The van der Waals surface area contributed by atoms with Crippen LogP contribution in [0.5, 0.6) is 0 Å². The molecule has 5 rings (SSSR count). The quantitative estimate of drug-likeness (QED) is 0.743. The van der Waals surface area contributed by atoms with Crippen molar-refractivity contribution in [2.75, 3.05) is 45.9 Å². The van der Waals surface area contributed by atoms with Crippen LogP contribution in [0.25, 0.3) is 11.2 Å². The van der Waals surface area contributed by atoms with Crippen LogP contribution in [0.3, 0.4) is 0 Å². The number of fused-ring (bicyclic) bond motifs is 2. The summed E-state index contributed by atoms with van der Waals surface area (Å²) >= 11 is 0. The molecule has 3 aliphatic heterocycles. The zero-order valence-corrected chi connectivity index (χ0v) is 18.1. The van der Waals surface area contributed by atoms with Gasteiger partial charge in [-0.2, -0.15) is 5.10 Å². The first-order valence-electron chi connectivity index (χ1n) is 11.0. The average Bonchev–Trinajstić information content (AvgIpc) is 3.22. The van der Waals surface area contributed by atoms with Gasteiger partial charge in [0.1, 0.15) is 18.2 Å². The molecule has 0 atom stereocenters. The molecule has 31 heavy (non-hydrogen) atoms. The second kappa shape index (κ2) is 8.26. The third kappa shape index (κ3) is 3.87. The summed E-state index contributed by atoms with van der Waals surface area (Å²) in [7, 11) is 0. The molecule has 0 saturated carbocycles. The van der Waals surface area contributed by atoms with E-state index in [1.54, 1.807) is 0 Å². The van der Waals surface area contributed by atoms with Gasteiger partial charge in [0.25, 0.3) is 0 Å². The molecule has 7 nitrogen and oxygen atoms in total. The van der Waals surface area contributed by atoms with Crippen LogP contribution < -0.4 is 0 Å². The Hall–Kier alpha value is -3.00. The molecule has 1 saturated heterocycles. The van der Waals surface area contributed by atoms with Crippen molar-refractivity contribution in [2.45, 2.75) is 20.3 Å². The van der Waals surface area contributed by atoms with Crippen LogP contribution >= 0.6 is 0 Å². The number of aliphatic imine (C=N–C) groups is 1. The number of hydrogen-bond acceptors (Lipinski definition) is 6. The highest BCUT2D eigenvalue weighted by Crippen LogP contribution is 2.25. The Kier molecular flexibility index (Phi) is 5.31. The molecule has 0 spiro atoms. The van der Waals surface area contributed by atoms with Crippen molar-refractivity contribution in [1.29, 1.82) is 0 Å². The van der Waals surface area contributed by atoms with Gasteiger partial charge >= 0.3 is 0 Å². The summed E-state index contributed by atoms with van der Waals surface area (Å²) in [6.07, 6.45) is 11.3. The van der Waals surface area contributed by atoms with Crippen molar-refractivity contribution in [2.24, 2.45) is 4.99 Å². The molecule has 0 unspecified atom stereocenters. The molecule has 2 aromatic heterocycles. The molecule has 1 fully saturated rings. The number of aromatic nitrogens is 3. The van der Waals surface area contributed by atoms with E-state index >= 15 is 0 Å². The van der Waals surface area contributed by atoms with Crippen LogP contribution in [-0.2, 0) is 6.42 Å². The van der Waals surface area contributed by atoms with Crippen molar-refractivity contribution in [3.05, 3.63) is 59.5 Å². The van der Waals surface area contributed by atoms with Gasteiger partial charge in [-0.25, -0.2) is 13.9 Å². The fourth-order valence-corrected chi connectivity index (χ4v) is 4.39. The third-order valence-corrected chi connectivity index (χ3v) is 6.09. The Morgan fingerprint density at radius 1 is 1.13 bits per heavy atom. The van der Waals surface area contributed by atoms with E-state index in [0.29, 0.717) is 6.54 Å². The fraction of sp³-hybridized carbons (Fsp3) is 0.435. The molecule has 0 amide bonds. The van der Waals surface area contributed by atoms with Crippen LogP contribution in [-0.4, -0.2) is 81.1 Å². The largest absolute Gasteiger partial charge is 0.368 e. The van der Waals surface area contributed by atoms with E-state index in [4.69, 9.17) is 10.1 Å². The molecule has 8 heteroatoms. The summed E-state index contributed by atoms with van der Waals surface area (Å²) < 4.78 is 14.5. The predicted molar refractivity (Wildman–Crippen MR) is 120 cm³/mol. The third-order valence-electron chi connectivity index (χ3n) is 6.09. The molecule has 162 valence electrons. The first-order valence-corrected chi connectivity index (χ1v) is 11.0. The van der Waals surface area contributed by atoms with Crippen LogP contribution in [0.1, 0.15) is 24.0 Å². The first kappa shape index (κ1) is 19.9. The van der Waals surface area contributed by atoms with E-state index in [1.807, 2.05) is 17.6 Å². The monoisotopic (exact) mass is 421 g/mol.